The maximum Gasteiger partial charge on any atom is 0.0852 e. The second kappa shape index (κ2) is 4.46. The molecule has 3 rings (SSSR count). The molecular weight excluding hydrogens is 228 g/mol. The van der Waals surface area contributed by atoms with Crippen LogP contribution in [0.4, 0.5) is 0 Å². The number of rotatable bonds is 2. The van der Waals surface area contributed by atoms with Crippen LogP contribution in [0.2, 0.25) is 0 Å². The molecule has 0 radical (unpaired) electrons. The summed E-state index contributed by atoms with van der Waals surface area (Å²) in [5.41, 5.74) is 2.70. The van der Waals surface area contributed by atoms with Crippen molar-refractivity contribution in [2.75, 3.05) is 0 Å². The molecule has 1 unspecified atom stereocenters. The van der Waals surface area contributed by atoms with Crippen molar-refractivity contribution in [1.82, 2.24) is 0 Å². The third-order valence-electron chi connectivity index (χ3n) is 3.26. The average molecular weight is 242 g/mol. The first-order valence-electron chi connectivity index (χ1n) is 5.94. The van der Waals surface area contributed by atoms with Gasteiger partial charge in [-0.05, 0) is 48.6 Å². The van der Waals surface area contributed by atoms with Crippen LogP contribution in [-0.4, -0.2) is 4.21 Å². The molecule has 1 aliphatic rings. The Kier molecular flexibility index (Phi) is 2.81. The van der Waals surface area contributed by atoms with Crippen molar-refractivity contribution in [3.63, 3.8) is 0 Å². The van der Waals surface area contributed by atoms with Gasteiger partial charge in [-0.3, -0.25) is 0 Å². The lowest BCUT2D eigenvalue weighted by molar-refractivity contribution is 0.682. The summed E-state index contributed by atoms with van der Waals surface area (Å²) < 4.78 is 12.5. The van der Waals surface area contributed by atoms with Crippen LogP contribution in [0, 0.1) is 0 Å². The fourth-order valence-electron chi connectivity index (χ4n) is 2.43. The predicted molar refractivity (Wildman–Crippen MR) is 69.6 cm³/mol. The molecule has 0 aliphatic heterocycles. The Morgan fingerprint density at radius 1 is 0.882 bits per heavy atom. The summed E-state index contributed by atoms with van der Waals surface area (Å²) in [6.45, 7) is 0. The fourth-order valence-corrected chi connectivity index (χ4v) is 3.75. The van der Waals surface area contributed by atoms with Crippen LogP contribution in [0.3, 0.4) is 0 Å². The first-order chi connectivity index (χ1) is 8.36. The van der Waals surface area contributed by atoms with E-state index in [4.69, 9.17) is 0 Å². The van der Waals surface area contributed by atoms with E-state index in [0.29, 0.717) is 0 Å². The van der Waals surface area contributed by atoms with Crippen LogP contribution >= 0.6 is 0 Å². The van der Waals surface area contributed by atoms with E-state index in [1.165, 1.54) is 17.5 Å². The van der Waals surface area contributed by atoms with Gasteiger partial charge in [0.25, 0.3) is 0 Å². The van der Waals surface area contributed by atoms with E-state index < -0.39 is 10.8 Å². The zero-order valence-corrected chi connectivity index (χ0v) is 10.4. The van der Waals surface area contributed by atoms with Crippen LogP contribution in [-0.2, 0) is 23.6 Å². The van der Waals surface area contributed by atoms with Crippen LogP contribution in [0.15, 0.2) is 58.3 Å². The summed E-state index contributed by atoms with van der Waals surface area (Å²) in [5.74, 6) is 0. The normalized spacial score (nSPS) is 15.5. The van der Waals surface area contributed by atoms with E-state index >= 15 is 0 Å². The minimum Gasteiger partial charge on any atom is -0.249 e. The molecule has 0 saturated carbocycles. The standard InChI is InChI=1S/C15H14OS/c16-17(13-8-2-1-3-9-13)15-11-5-7-12-6-4-10-14(12)15/h1-3,5,7-9,11H,4,6,10H2. The largest absolute Gasteiger partial charge is 0.249 e. The molecule has 1 nitrogen and oxygen atoms in total. The molecule has 2 aromatic carbocycles. The minimum atomic E-state index is -1.03. The third-order valence-corrected chi connectivity index (χ3v) is 4.74. The van der Waals surface area contributed by atoms with Crippen molar-refractivity contribution >= 4 is 10.8 Å². The molecule has 2 heteroatoms. The quantitative estimate of drug-likeness (QED) is 0.789. The van der Waals surface area contributed by atoms with Gasteiger partial charge in [-0.2, -0.15) is 0 Å². The Balaban J connectivity index is 2.06. The van der Waals surface area contributed by atoms with Crippen LogP contribution in [0.25, 0.3) is 0 Å². The van der Waals surface area contributed by atoms with E-state index in [2.05, 4.69) is 6.07 Å². The summed E-state index contributed by atoms with van der Waals surface area (Å²) in [6, 6.07) is 15.9. The summed E-state index contributed by atoms with van der Waals surface area (Å²) in [6.07, 6.45) is 3.40. The van der Waals surface area contributed by atoms with Gasteiger partial charge >= 0.3 is 0 Å². The minimum absolute atomic E-state index is 0.896. The number of benzene rings is 2. The molecule has 86 valence electrons. The van der Waals surface area contributed by atoms with E-state index in [0.717, 1.165) is 22.6 Å². The molecule has 1 atom stereocenters. The van der Waals surface area contributed by atoms with Crippen molar-refractivity contribution in [2.24, 2.45) is 0 Å². The predicted octanol–water partition coefficient (Wildman–Crippen LogP) is 3.34. The van der Waals surface area contributed by atoms with Gasteiger partial charge in [0.2, 0.25) is 0 Å². The van der Waals surface area contributed by atoms with Gasteiger partial charge in [-0.1, -0.05) is 30.3 Å². The summed E-state index contributed by atoms with van der Waals surface area (Å²) in [7, 11) is -1.03. The Morgan fingerprint density at radius 3 is 2.53 bits per heavy atom. The summed E-state index contributed by atoms with van der Waals surface area (Å²) in [4.78, 5) is 1.90. The Labute approximate surface area is 104 Å². The second-order valence-corrected chi connectivity index (χ2v) is 5.78. The van der Waals surface area contributed by atoms with Gasteiger partial charge in [-0.15, -0.1) is 0 Å². The molecule has 1 aliphatic carbocycles. The molecule has 0 fully saturated rings. The average Bonchev–Trinajstić information content (AvgIpc) is 2.87. The highest BCUT2D eigenvalue weighted by Crippen LogP contribution is 2.29. The Morgan fingerprint density at radius 2 is 1.71 bits per heavy atom. The first kappa shape index (κ1) is 10.7. The molecule has 17 heavy (non-hydrogen) atoms. The summed E-state index contributed by atoms with van der Waals surface area (Å²) in [5, 5.41) is 0. The number of fused-ring (bicyclic) bond motifs is 1. The maximum absolute atomic E-state index is 12.5. The molecule has 0 heterocycles. The number of aryl methyl sites for hydroxylation is 1. The Hall–Kier alpha value is -1.41. The van der Waals surface area contributed by atoms with E-state index in [-0.39, 0.29) is 0 Å². The highest BCUT2D eigenvalue weighted by molar-refractivity contribution is 7.85. The third kappa shape index (κ3) is 1.93. The molecule has 0 aromatic heterocycles. The van der Waals surface area contributed by atoms with E-state index in [9.17, 15) is 4.21 Å². The smallest absolute Gasteiger partial charge is 0.0852 e. The molecule has 0 amide bonds. The van der Waals surface area contributed by atoms with Crippen LogP contribution in [0.1, 0.15) is 17.5 Å². The topological polar surface area (TPSA) is 17.1 Å². The van der Waals surface area contributed by atoms with E-state index in [1.807, 2.05) is 42.5 Å². The Bertz CT molecular complexity index is 560. The van der Waals surface area contributed by atoms with Gasteiger partial charge in [0, 0.05) is 9.79 Å². The first-order valence-corrected chi connectivity index (χ1v) is 7.09. The lowest BCUT2D eigenvalue weighted by Gasteiger charge is -2.08. The van der Waals surface area contributed by atoms with Crippen LogP contribution in [0.5, 0.6) is 0 Å². The van der Waals surface area contributed by atoms with Crippen molar-refractivity contribution in [3.8, 4) is 0 Å². The SMILES string of the molecule is O=S(c1ccccc1)c1cccc2c1CCC2. The van der Waals surface area contributed by atoms with Gasteiger partial charge in [-0.25, -0.2) is 4.21 Å². The monoisotopic (exact) mass is 242 g/mol. The van der Waals surface area contributed by atoms with Gasteiger partial charge in [0.1, 0.15) is 0 Å². The van der Waals surface area contributed by atoms with Gasteiger partial charge in [0.05, 0.1) is 10.8 Å². The van der Waals surface area contributed by atoms with Crippen molar-refractivity contribution in [2.45, 2.75) is 29.1 Å². The fraction of sp³-hybridized carbons (Fsp3) is 0.200. The second-order valence-electron chi connectivity index (χ2n) is 4.33. The lowest BCUT2D eigenvalue weighted by Crippen LogP contribution is -1.97. The van der Waals surface area contributed by atoms with Gasteiger partial charge in [0.15, 0.2) is 0 Å². The lowest BCUT2D eigenvalue weighted by atomic mass is 10.1. The van der Waals surface area contributed by atoms with Crippen molar-refractivity contribution in [1.29, 1.82) is 0 Å². The molecular formula is C15H14OS. The highest BCUT2D eigenvalue weighted by Gasteiger charge is 2.18. The highest BCUT2D eigenvalue weighted by atomic mass is 32.2. The van der Waals surface area contributed by atoms with Crippen molar-refractivity contribution < 1.29 is 4.21 Å². The van der Waals surface area contributed by atoms with Crippen LogP contribution < -0.4 is 0 Å². The van der Waals surface area contributed by atoms with Gasteiger partial charge < -0.3 is 0 Å². The molecule has 0 saturated heterocycles. The van der Waals surface area contributed by atoms with Crippen molar-refractivity contribution in [3.05, 3.63) is 59.7 Å². The summed E-state index contributed by atoms with van der Waals surface area (Å²) >= 11 is 0. The van der Waals surface area contributed by atoms with E-state index in [1.54, 1.807) is 0 Å². The zero-order chi connectivity index (χ0) is 11.7. The molecule has 0 bridgehead atoms. The number of hydrogen-bond acceptors (Lipinski definition) is 1. The molecule has 2 aromatic rings. The zero-order valence-electron chi connectivity index (χ0n) is 9.56. The molecule has 0 N–H and O–H groups in total. The molecule has 0 spiro atoms. The maximum atomic E-state index is 12.5. The number of hydrogen-bond donors (Lipinski definition) is 0.